The highest BCUT2D eigenvalue weighted by molar-refractivity contribution is 7.99. The molecular weight excluding hydrogens is 218 g/mol. The number of hydrogen-bond acceptors (Lipinski definition) is 2. The molecule has 2 N–H and O–H groups in total. The molecule has 3 nitrogen and oxygen atoms in total. The van der Waals surface area contributed by atoms with Gasteiger partial charge < -0.3 is 10.6 Å². The highest BCUT2D eigenvalue weighted by atomic mass is 32.2. The fourth-order valence-electron chi connectivity index (χ4n) is 2.51. The average Bonchev–Trinajstić information content (AvgIpc) is 2.30. The molecular formula is C12H23N3S. The van der Waals surface area contributed by atoms with E-state index in [0.717, 1.165) is 19.0 Å². The maximum absolute atomic E-state index is 6.11. The van der Waals surface area contributed by atoms with E-state index in [0.29, 0.717) is 11.3 Å². The zero-order chi connectivity index (χ0) is 11.4. The summed E-state index contributed by atoms with van der Waals surface area (Å²) >= 11 is 2.03. The lowest BCUT2D eigenvalue weighted by atomic mass is 9.96. The Kier molecular flexibility index (Phi) is 4.38. The van der Waals surface area contributed by atoms with Gasteiger partial charge in [0.15, 0.2) is 5.96 Å². The van der Waals surface area contributed by atoms with Crippen LogP contribution in [0.3, 0.4) is 0 Å². The molecule has 0 amide bonds. The number of thioether (sulfide) groups is 1. The molecule has 1 unspecified atom stereocenters. The van der Waals surface area contributed by atoms with Gasteiger partial charge in [0.05, 0.1) is 6.04 Å². The van der Waals surface area contributed by atoms with Crippen molar-refractivity contribution in [3.05, 3.63) is 0 Å². The Hall–Kier alpha value is -0.380. The third kappa shape index (κ3) is 3.30. The van der Waals surface area contributed by atoms with Gasteiger partial charge in [0.25, 0.3) is 0 Å². The number of nitrogens with two attached hydrogens (primary N) is 1. The maximum atomic E-state index is 6.11. The van der Waals surface area contributed by atoms with E-state index in [4.69, 9.17) is 10.7 Å². The fourth-order valence-corrected chi connectivity index (χ4v) is 3.52. The van der Waals surface area contributed by atoms with Crippen molar-refractivity contribution in [2.45, 2.75) is 50.3 Å². The van der Waals surface area contributed by atoms with Crippen LogP contribution in [-0.4, -0.2) is 41.0 Å². The Labute approximate surface area is 103 Å². The van der Waals surface area contributed by atoms with E-state index in [9.17, 15) is 0 Å². The van der Waals surface area contributed by atoms with E-state index in [1.165, 1.54) is 37.9 Å². The van der Waals surface area contributed by atoms with E-state index in [1.54, 1.807) is 0 Å². The first-order valence-corrected chi connectivity index (χ1v) is 7.50. The first-order valence-electron chi connectivity index (χ1n) is 6.45. The van der Waals surface area contributed by atoms with Gasteiger partial charge >= 0.3 is 0 Å². The molecule has 0 spiro atoms. The van der Waals surface area contributed by atoms with E-state index in [-0.39, 0.29) is 0 Å². The minimum absolute atomic E-state index is 0.499. The Morgan fingerprint density at radius 1 is 1.31 bits per heavy atom. The lowest BCUT2D eigenvalue weighted by Gasteiger charge is -2.32. The van der Waals surface area contributed by atoms with Crippen LogP contribution in [0.4, 0.5) is 0 Å². The second-order valence-electron chi connectivity index (χ2n) is 4.91. The highest BCUT2D eigenvalue weighted by Gasteiger charge is 2.19. The van der Waals surface area contributed by atoms with E-state index in [2.05, 4.69) is 11.8 Å². The summed E-state index contributed by atoms with van der Waals surface area (Å²) < 4.78 is 0. The second-order valence-corrected chi connectivity index (χ2v) is 6.45. The van der Waals surface area contributed by atoms with Crippen molar-refractivity contribution in [1.82, 2.24) is 4.90 Å². The Morgan fingerprint density at radius 3 is 2.75 bits per heavy atom. The largest absolute Gasteiger partial charge is 0.370 e. The summed E-state index contributed by atoms with van der Waals surface area (Å²) in [5.74, 6) is 1.97. The topological polar surface area (TPSA) is 41.6 Å². The third-order valence-corrected chi connectivity index (χ3v) is 4.59. The van der Waals surface area contributed by atoms with Crippen molar-refractivity contribution in [2.24, 2.45) is 10.7 Å². The molecule has 2 rings (SSSR count). The van der Waals surface area contributed by atoms with Crippen molar-refractivity contribution in [3.8, 4) is 0 Å². The molecule has 1 aliphatic carbocycles. The smallest absolute Gasteiger partial charge is 0.191 e. The third-order valence-electron chi connectivity index (χ3n) is 3.45. The molecule has 16 heavy (non-hydrogen) atoms. The maximum Gasteiger partial charge on any atom is 0.191 e. The SMILES string of the molecule is CC1CN(C(N)=NC2CCCCC2)CCS1. The number of aliphatic imine (C=N–C) groups is 1. The molecule has 0 aromatic carbocycles. The zero-order valence-electron chi connectivity index (χ0n) is 10.2. The number of guanidine groups is 1. The predicted octanol–water partition coefficient (Wildman–Crippen LogP) is 2.07. The first kappa shape index (κ1) is 12.1. The highest BCUT2D eigenvalue weighted by Crippen LogP contribution is 2.21. The summed E-state index contributed by atoms with van der Waals surface area (Å²) in [4.78, 5) is 6.96. The van der Waals surface area contributed by atoms with Crippen LogP contribution in [0.5, 0.6) is 0 Å². The number of rotatable bonds is 1. The van der Waals surface area contributed by atoms with E-state index >= 15 is 0 Å². The number of nitrogens with zero attached hydrogens (tertiary/aromatic N) is 2. The van der Waals surface area contributed by atoms with Gasteiger partial charge in [-0.25, -0.2) is 4.99 Å². The van der Waals surface area contributed by atoms with Gasteiger partial charge in [-0.2, -0.15) is 11.8 Å². The van der Waals surface area contributed by atoms with Crippen LogP contribution in [0.15, 0.2) is 4.99 Å². The van der Waals surface area contributed by atoms with E-state index < -0.39 is 0 Å². The quantitative estimate of drug-likeness (QED) is 0.564. The van der Waals surface area contributed by atoms with Gasteiger partial charge in [-0.05, 0) is 12.8 Å². The molecule has 92 valence electrons. The standard InChI is InChI=1S/C12H23N3S/c1-10-9-15(7-8-16-10)12(13)14-11-5-3-2-4-6-11/h10-11H,2-9H2,1H3,(H2,13,14). The normalized spacial score (nSPS) is 29.4. The van der Waals surface area contributed by atoms with Crippen molar-refractivity contribution in [1.29, 1.82) is 0 Å². The lowest BCUT2D eigenvalue weighted by Crippen LogP contribution is -2.45. The molecule has 2 fully saturated rings. The summed E-state index contributed by atoms with van der Waals surface area (Å²) in [5, 5.41) is 0.689. The van der Waals surface area contributed by atoms with Crippen molar-refractivity contribution in [2.75, 3.05) is 18.8 Å². The van der Waals surface area contributed by atoms with Crippen molar-refractivity contribution in [3.63, 3.8) is 0 Å². The average molecular weight is 241 g/mol. The molecule has 0 bridgehead atoms. The molecule has 1 heterocycles. The van der Waals surface area contributed by atoms with Crippen molar-refractivity contribution >= 4 is 17.7 Å². The Bertz CT molecular complexity index is 249. The summed E-state index contributed by atoms with van der Waals surface area (Å²) in [5.41, 5.74) is 6.11. The summed E-state index contributed by atoms with van der Waals surface area (Å²) in [7, 11) is 0. The van der Waals surface area contributed by atoms with Crippen LogP contribution in [0.25, 0.3) is 0 Å². The fraction of sp³-hybridized carbons (Fsp3) is 0.917. The lowest BCUT2D eigenvalue weighted by molar-refractivity contribution is 0.407. The van der Waals surface area contributed by atoms with Crippen molar-refractivity contribution < 1.29 is 0 Å². The van der Waals surface area contributed by atoms with Crippen LogP contribution in [0, 0.1) is 0 Å². The summed E-state index contributed by atoms with van der Waals surface area (Å²) in [6.07, 6.45) is 6.50. The van der Waals surface area contributed by atoms with Crippen LogP contribution in [-0.2, 0) is 0 Å². The Balaban J connectivity index is 1.89. The molecule has 1 atom stereocenters. The van der Waals surface area contributed by atoms with Gasteiger partial charge in [0.1, 0.15) is 0 Å². The summed E-state index contributed by atoms with van der Waals surface area (Å²) in [6.45, 7) is 4.40. The minimum atomic E-state index is 0.499. The second kappa shape index (κ2) is 5.80. The van der Waals surface area contributed by atoms with Gasteiger partial charge in [-0.3, -0.25) is 0 Å². The molecule has 0 aromatic heterocycles. The first-order chi connectivity index (χ1) is 7.75. The molecule has 0 aromatic rings. The molecule has 1 saturated carbocycles. The van der Waals surface area contributed by atoms with Gasteiger partial charge in [-0.15, -0.1) is 0 Å². The molecule has 4 heteroatoms. The van der Waals surface area contributed by atoms with Crippen LogP contribution < -0.4 is 5.73 Å². The Morgan fingerprint density at radius 2 is 2.06 bits per heavy atom. The molecule has 0 radical (unpaired) electrons. The van der Waals surface area contributed by atoms with E-state index in [1.807, 2.05) is 11.8 Å². The monoisotopic (exact) mass is 241 g/mol. The number of hydrogen-bond donors (Lipinski definition) is 1. The molecule has 1 saturated heterocycles. The van der Waals surface area contributed by atoms with Crippen LogP contribution in [0.1, 0.15) is 39.0 Å². The van der Waals surface area contributed by atoms with Crippen LogP contribution >= 0.6 is 11.8 Å². The zero-order valence-corrected chi connectivity index (χ0v) is 11.0. The minimum Gasteiger partial charge on any atom is -0.370 e. The molecule has 2 aliphatic rings. The van der Waals surface area contributed by atoms with Gasteiger partial charge in [-0.1, -0.05) is 26.2 Å². The summed E-state index contributed by atoms with van der Waals surface area (Å²) in [6, 6.07) is 0.499. The van der Waals surface area contributed by atoms with Gasteiger partial charge in [0.2, 0.25) is 0 Å². The van der Waals surface area contributed by atoms with Gasteiger partial charge in [0, 0.05) is 24.1 Å². The molecule has 1 aliphatic heterocycles. The predicted molar refractivity (Wildman–Crippen MR) is 72.0 cm³/mol. The van der Waals surface area contributed by atoms with Crippen LogP contribution in [0.2, 0.25) is 0 Å².